The summed E-state index contributed by atoms with van der Waals surface area (Å²) >= 11 is 0. The third kappa shape index (κ3) is 5.10. The van der Waals surface area contributed by atoms with Crippen LogP contribution in [0.2, 0.25) is 0 Å². The quantitative estimate of drug-likeness (QED) is 0.735. The lowest BCUT2D eigenvalue weighted by molar-refractivity contribution is -0.123. The van der Waals surface area contributed by atoms with Gasteiger partial charge in [-0.3, -0.25) is 9.69 Å². The second kappa shape index (κ2) is 9.20. The predicted molar refractivity (Wildman–Crippen MR) is 108 cm³/mol. The number of phenolic OH excluding ortho intramolecular Hbond substituents is 1. The molecule has 2 atom stereocenters. The molecule has 0 bridgehead atoms. The van der Waals surface area contributed by atoms with E-state index < -0.39 is 0 Å². The standard InChI is InChI=1S/C23H29FN2O2/c1-16(19-8-5-9-21(27)14-19)26(2)15-22(28)25-23(17-6-3-4-7-17)18-10-12-20(24)13-11-18/h5,8-14,16-17,23,27H,3-4,6-7,15H2,1-2H3,(H,25,28). The van der Waals surface area contributed by atoms with Gasteiger partial charge in [0, 0.05) is 6.04 Å². The fourth-order valence-electron chi connectivity index (χ4n) is 4.06. The highest BCUT2D eigenvalue weighted by molar-refractivity contribution is 5.78. The first-order valence-corrected chi connectivity index (χ1v) is 9.98. The van der Waals surface area contributed by atoms with Crippen molar-refractivity contribution in [3.05, 3.63) is 65.5 Å². The average molecular weight is 384 g/mol. The van der Waals surface area contributed by atoms with E-state index in [0.717, 1.165) is 24.0 Å². The molecule has 2 aromatic carbocycles. The summed E-state index contributed by atoms with van der Waals surface area (Å²) in [5.74, 6) is 0.304. The van der Waals surface area contributed by atoms with Gasteiger partial charge >= 0.3 is 0 Å². The molecule has 0 spiro atoms. The van der Waals surface area contributed by atoms with Gasteiger partial charge in [0.25, 0.3) is 0 Å². The van der Waals surface area contributed by atoms with E-state index in [1.54, 1.807) is 30.3 Å². The average Bonchev–Trinajstić information content (AvgIpc) is 3.21. The lowest BCUT2D eigenvalue weighted by Crippen LogP contribution is -2.40. The first-order valence-electron chi connectivity index (χ1n) is 9.98. The van der Waals surface area contributed by atoms with Gasteiger partial charge in [-0.05, 0) is 68.1 Å². The minimum Gasteiger partial charge on any atom is -0.508 e. The van der Waals surface area contributed by atoms with Gasteiger partial charge in [0.2, 0.25) is 5.91 Å². The molecule has 2 aromatic rings. The number of nitrogens with one attached hydrogen (secondary N) is 1. The lowest BCUT2D eigenvalue weighted by Gasteiger charge is -2.28. The Bertz CT molecular complexity index is 787. The van der Waals surface area contributed by atoms with Gasteiger partial charge in [0.1, 0.15) is 11.6 Å². The van der Waals surface area contributed by atoms with Gasteiger partial charge in [-0.15, -0.1) is 0 Å². The molecule has 5 heteroatoms. The maximum Gasteiger partial charge on any atom is 0.234 e. The van der Waals surface area contributed by atoms with E-state index in [4.69, 9.17) is 0 Å². The molecule has 1 aliphatic rings. The number of aromatic hydroxyl groups is 1. The molecule has 0 aliphatic heterocycles. The number of carbonyl (C=O) groups excluding carboxylic acids is 1. The third-order valence-corrected chi connectivity index (χ3v) is 5.82. The summed E-state index contributed by atoms with van der Waals surface area (Å²) in [4.78, 5) is 14.7. The van der Waals surface area contributed by atoms with Crippen molar-refractivity contribution >= 4 is 5.91 Å². The van der Waals surface area contributed by atoms with E-state index in [-0.39, 0.29) is 36.1 Å². The van der Waals surface area contributed by atoms with Crippen LogP contribution in [0.25, 0.3) is 0 Å². The van der Waals surface area contributed by atoms with Crippen LogP contribution in [0.5, 0.6) is 5.75 Å². The number of phenols is 1. The van der Waals surface area contributed by atoms with Crippen molar-refractivity contribution in [1.29, 1.82) is 0 Å². The van der Waals surface area contributed by atoms with Gasteiger partial charge in [0.05, 0.1) is 12.6 Å². The Kier molecular flexibility index (Phi) is 6.68. The highest BCUT2D eigenvalue weighted by Crippen LogP contribution is 2.35. The van der Waals surface area contributed by atoms with Crippen molar-refractivity contribution in [3.63, 3.8) is 0 Å². The van der Waals surface area contributed by atoms with Crippen LogP contribution in [0.4, 0.5) is 4.39 Å². The Hall–Kier alpha value is -2.40. The van der Waals surface area contributed by atoms with Crippen LogP contribution in [0.1, 0.15) is 55.8 Å². The molecule has 4 nitrogen and oxygen atoms in total. The Morgan fingerprint density at radius 2 is 1.86 bits per heavy atom. The molecule has 0 aromatic heterocycles. The van der Waals surface area contributed by atoms with E-state index in [1.165, 1.54) is 25.0 Å². The second-order valence-corrected chi connectivity index (χ2v) is 7.83. The number of hydrogen-bond donors (Lipinski definition) is 2. The summed E-state index contributed by atoms with van der Waals surface area (Å²) in [6.45, 7) is 2.26. The molecule has 0 saturated heterocycles. The van der Waals surface area contributed by atoms with Crippen LogP contribution in [-0.4, -0.2) is 29.5 Å². The zero-order valence-electron chi connectivity index (χ0n) is 16.6. The monoisotopic (exact) mass is 384 g/mol. The molecule has 1 fully saturated rings. The third-order valence-electron chi connectivity index (χ3n) is 5.82. The van der Waals surface area contributed by atoms with Crippen LogP contribution in [0, 0.1) is 11.7 Å². The van der Waals surface area contributed by atoms with E-state index in [1.807, 2.05) is 24.9 Å². The fourth-order valence-corrected chi connectivity index (χ4v) is 4.06. The minimum absolute atomic E-state index is 0.00592. The molecular formula is C23H29FN2O2. The van der Waals surface area contributed by atoms with Crippen LogP contribution >= 0.6 is 0 Å². The summed E-state index contributed by atoms with van der Waals surface area (Å²) in [6.07, 6.45) is 4.51. The number of benzene rings is 2. The van der Waals surface area contributed by atoms with Crippen LogP contribution in [-0.2, 0) is 4.79 Å². The van der Waals surface area contributed by atoms with Crippen LogP contribution in [0.15, 0.2) is 48.5 Å². The highest BCUT2D eigenvalue weighted by atomic mass is 19.1. The number of amides is 1. The van der Waals surface area contributed by atoms with E-state index in [2.05, 4.69) is 5.32 Å². The molecule has 1 saturated carbocycles. The predicted octanol–water partition coefficient (Wildman–Crippen LogP) is 4.57. The molecule has 150 valence electrons. The summed E-state index contributed by atoms with van der Waals surface area (Å²) in [5, 5.41) is 12.9. The second-order valence-electron chi connectivity index (χ2n) is 7.83. The van der Waals surface area contributed by atoms with Crippen molar-refractivity contribution in [2.75, 3.05) is 13.6 Å². The van der Waals surface area contributed by atoms with Crippen LogP contribution in [0.3, 0.4) is 0 Å². The largest absolute Gasteiger partial charge is 0.508 e. The number of halogens is 1. The number of hydrogen-bond acceptors (Lipinski definition) is 3. The number of carbonyl (C=O) groups is 1. The highest BCUT2D eigenvalue weighted by Gasteiger charge is 2.28. The molecule has 0 radical (unpaired) electrons. The fraction of sp³-hybridized carbons (Fsp3) is 0.435. The Morgan fingerprint density at radius 3 is 2.50 bits per heavy atom. The van der Waals surface area contributed by atoms with Crippen molar-refractivity contribution in [3.8, 4) is 5.75 Å². The van der Waals surface area contributed by atoms with Crippen molar-refractivity contribution in [2.45, 2.75) is 44.7 Å². The van der Waals surface area contributed by atoms with Gasteiger partial charge in [0.15, 0.2) is 0 Å². The normalized spacial score (nSPS) is 16.9. The SMILES string of the molecule is CC(c1cccc(O)c1)N(C)CC(=O)NC(c1ccc(F)cc1)C1CCCC1. The first kappa shape index (κ1) is 20.3. The van der Waals surface area contributed by atoms with Crippen LogP contribution < -0.4 is 5.32 Å². The molecule has 28 heavy (non-hydrogen) atoms. The van der Waals surface area contributed by atoms with Crippen molar-refractivity contribution in [2.24, 2.45) is 5.92 Å². The molecule has 2 unspecified atom stereocenters. The van der Waals surface area contributed by atoms with E-state index >= 15 is 0 Å². The summed E-state index contributed by atoms with van der Waals surface area (Å²) in [7, 11) is 1.90. The summed E-state index contributed by atoms with van der Waals surface area (Å²) in [5.41, 5.74) is 1.92. The Labute approximate surface area is 166 Å². The molecular weight excluding hydrogens is 355 g/mol. The maximum atomic E-state index is 13.3. The zero-order valence-corrected chi connectivity index (χ0v) is 16.6. The number of nitrogens with zero attached hydrogens (tertiary/aromatic N) is 1. The topological polar surface area (TPSA) is 52.6 Å². The maximum absolute atomic E-state index is 13.3. The first-order chi connectivity index (χ1) is 13.4. The molecule has 1 amide bonds. The smallest absolute Gasteiger partial charge is 0.234 e. The van der Waals surface area contributed by atoms with E-state index in [0.29, 0.717) is 5.92 Å². The van der Waals surface area contributed by atoms with Gasteiger partial charge in [-0.2, -0.15) is 0 Å². The zero-order chi connectivity index (χ0) is 20.1. The van der Waals surface area contributed by atoms with Gasteiger partial charge < -0.3 is 10.4 Å². The van der Waals surface area contributed by atoms with Gasteiger partial charge in [-0.1, -0.05) is 37.1 Å². The molecule has 1 aliphatic carbocycles. The Morgan fingerprint density at radius 1 is 1.18 bits per heavy atom. The lowest BCUT2D eigenvalue weighted by atomic mass is 9.91. The Balaban J connectivity index is 1.66. The summed E-state index contributed by atoms with van der Waals surface area (Å²) < 4.78 is 13.3. The van der Waals surface area contributed by atoms with Gasteiger partial charge in [-0.25, -0.2) is 4.39 Å². The number of likely N-dealkylation sites (N-methyl/N-ethyl adjacent to an activating group) is 1. The molecule has 3 rings (SSSR count). The van der Waals surface area contributed by atoms with E-state index in [9.17, 15) is 14.3 Å². The van der Waals surface area contributed by atoms with Crippen molar-refractivity contribution < 1.29 is 14.3 Å². The molecule has 0 heterocycles. The van der Waals surface area contributed by atoms with Crippen molar-refractivity contribution in [1.82, 2.24) is 10.2 Å². The number of rotatable bonds is 7. The summed E-state index contributed by atoms with van der Waals surface area (Å²) in [6, 6.07) is 13.5. The minimum atomic E-state index is -0.264. The molecule has 2 N–H and O–H groups in total.